The van der Waals surface area contributed by atoms with E-state index in [0.717, 1.165) is 25.1 Å². The molecule has 0 aliphatic carbocycles. The van der Waals surface area contributed by atoms with Gasteiger partial charge >= 0.3 is 0 Å². The van der Waals surface area contributed by atoms with Crippen molar-refractivity contribution in [1.29, 1.82) is 0 Å². The first kappa shape index (κ1) is 21.5. The van der Waals surface area contributed by atoms with E-state index in [1.807, 2.05) is 19.1 Å². The minimum atomic E-state index is -0.523. The number of hydrogen-bond donors (Lipinski definition) is 2. The molecule has 5 nitrogen and oxygen atoms in total. The van der Waals surface area contributed by atoms with Gasteiger partial charge in [0.2, 0.25) is 0 Å². The molecule has 0 bridgehead atoms. The molecule has 0 saturated carbocycles. The predicted octanol–water partition coefficient (Wildman–Crippen LogP) is 3.55. The molecule has 1 atom stereocenters. The van der Waals surface area contributed by atoms with Crippen LogP contribution in [0, 0.1) is 11.6 Å². The largest absolute Gasteiger partial charge is 0.469 e. The van der Waals surface area contributed by atoms with Crippen molar-refractivity contribution in [3.05, 3.63) is 54.0 Å². The Morgan fingerprint density at radius 2 is 2.04 bits per heavy atom. The van der Waals surface area contributed by atoms with Crippen molar-refractivity contribution >= 4 is 35.6 Å². The van der Waals surface area contributed by atoms with Gasteiger partial charge in [-0.05, 0) is 37.6 Å². The number of nitrogens with zero attached hydrogens (tertiary/aromatic N) is 2. The van der Waals surface area contributed by atoms with Gasteiger partial charge in [-0.3, -0.25) is 4.99 Å². The smallest absolute Gasteiger partial charge is 0.191 e. The summed E-state index contributed by atoms with van der Waals surface area (Å²) in [7, 11) is 0. The highest BCUT2D eigenvalue weighted by molar-refractivity contribution is 14.0. The molecule has 0 spiro atoms. The minimum absolute atomic E-state index is 0. The maximum Gasteiger partial charge on any atom is 0.191 e. The molecule has 1 aliphatic rings. The van der Waals surface area contributed by atoms with Crippen LogP contribution in [0.3, 0.4) is 0 Å². The summed E-state index contributed by atoms with van der Waals surface area (Å²) in [6.07, 6.45) is 3.16. The highest BCUT2D eigenvalue weighted by Crippen LogP contribution is 2.26. The molecule has 0 radical (unpaired) electrons. The van der Waals surface area contributed by atoms with E-state index in [1.54, 1.807) is 11.2 Å². The standard InChI is InChI=1S/C19H24F2N4O.HI/c1-2-22-19(23-10-8-15-5-4-12-26-15)24-14-9-11-25(13-14)18-16(20)6-3-7-17(18)21;/h3-7,12,14H,2,8-11,13H2,1H3,(H2,22,23,24);1H. The second kappa shape index (κ2) is 10.5. The zero-order valence-corrected chi connectivity index (χ0v) is 17.6. The lowest BCUT2D eigenvalue weighted by Crippen LogP contribution is -2.44. The first-order chi connectivity index (χ1) is 12.7. The number of rotatable bonds is 6. The van der Waals surface area contributed by atoms with Crippen molar-refractivity contribution in [2.75, 3.05) is 31.1 Å². The van der Waals surface area contributed by atoms with E-state index >= 15 is 0 Å². The molecule has 2 aromatic rings. The molecule has 1 saturated heterocycles. The van der Waals surface area contributed by atoms with Gasteiger partial charge in [-0.1, -0.05) is 6.07 Å². The Morgan fingerprint density at radius 3 is 2.70 bits per heavy atom. The fourth-order valence-corrected chi connectivity index (χ4v) is 3.12. The molecular weight excluding hydrogens is 465 g/mol. The number of furan rings is 1. The first-order valence-electron chi connectivity index (χ1n) is 8.93. The molecule has 148 valence electrons. The molecule has 1 aromatic carbocycles. The molecule has 3 rings (SSSR count). The lowest BCUT2D eigenvalue weighted by molar-refractivity contribution is 0.510. The van der Waals surface area contributed by atoms with Gasteiger partial charge in [-0.2, -0.15) is 0 Å². The number of guanidine groups is 1. The van der Waals surface area contributed by atoms with Crippen molar-refractivity contribution in [1.82, 2.24) is 10.6 Å². The van der Waals surface area contributed by atoms with E-state index in [1.165, 1.54) is 18.2 Å². The van der Waals surface area contributed by atoms with E-state index < -0.39 is 11.6 Å². The molecule has 1 fully saturated rings. The highest BCUT2D eigenvalue weighted by atomic mass is 127. The Labute approximate surface area is 175 Å². The zero-order valence-electron chi connectivity index (χ0n) is 15.3. The van der Waals surface area contributed by atoms with Crippen LogP contribution in [-0.2, 0) is 6.42 Å². The lowest BCUT2D eigenvalue weighted by atomic mass is 10.2. The molecule has 2 heterocycles. The Hall–Kier alpha value is -1.84. The average molecular weight is 490 g/mol. The number of nitrogens with one attached hydrogen (secondary N) is 2. The van der Waals surface area contributed by atoms with E-state index in [0.29, 0.717) is 25.6 Å². The molecule has 0 amide bonds. The van der Waals surface area contributed by atoms with Gasteiger partial charge in [0.25, 0.3) is 0 Å². The maximum absolute atomic E-state index is 14.0. The third-order valence-corrected chi connectivity index (χ3v) is 4.34. The molecule has 1 aromatic heterocycles. The summed E-state index contributed by atoms with van der Waals surface area (Å²) in [6, 6.07) is 7.83. The number of benzene rings is 1. The summed E-state index contributed by atoms with van der Waals surface area (Å²) in [4.78, 5) is 6.30. The van der Waals surface area contributed by atoms with Crippen LogP contribution in [0.5, 0.6) is 0 Å². The summed E-state index contributed by atoms with van der Waals surface area (Å²) in [5.41, 5.74) is 0.0524. The zero-order chi connectivity index (χ0) is 18.4. The van der Waals surface area contributed by atoms with Gasteiger partial charge in [0, 0.05) is 38.6 Å². The fourth-order valence-electron chi connectivity index (χ4n) is 3.12. The van der Waals surface area contributed by atoms with Crippen LogP contribution in [0.2, 0.25) is 0 Å². The van der Waals surface area contributed by atoms with Crippen molar-refractivity contribution in [3.63, 3.8) is 0 Å². The Kier molecular flexibility index (Phi) is 8.33. The number of para-hydroxylation sites is 1. The van der Waals surface area contributed by atoms with Crippen LogP contribution in [0.4, 0.5) is 14.5 Å². The van der Waals surface area contributed by atoms with Gasteiger partial charge in [0.1, 0.15) is 23.1 Å². The topological polar surface area (TPSA) is 52.8 Å². The van der Waals surface area contributed by atoms with Gasteiger partial charge in [-0.15, -0.1) is 24.0 Å². The van der Waals surface area contributed by atoms with Crippen molar-refractivity contribution < 1.29 is 13.2 Å². The minimum Gasteiger partial charge on any atom is -0.469 e. The summed E-state index contributed by atoms with van der Waals surface area (Å²) in [5, 5.41) is 6.57. The Balaban J connectivity index is 0.00000261. The van der Waals surface area contributed by atoms with E-state index in [-0.39, 0.29) is 35.7 Å². The summed E-state index contributed by atoms with van der Waals surface area (Å²) >= 11 is 0. The lowest BCUT2D eigenvalue weighted by Gasteiger charge is -2.21. The summed E-state index contributed by atoms with van der Waals surface area (Å²) in [6.45, 7) is 4.47. The van der Waals surface area contributed by atoms with Crippen LogP contribution < -0.4 is 15.5 Å². The summed E-state index contributed by atoms with van der Waals surface area (Å²) < 4.78 is 33.2. The molecule has 2 N–H and O–H groups in total. The quantitative estimate of drug-likeness (QED) is 0.370. The van der Waals surface area contributed by atoms with E-state index in [2.05, 4.69) is 15.6 Å². The fraction of sp³-hybridized carbons (Fsp3) is 0.421. The van der Waals surface area contributed by atoms with Gasteiger partial charge in [-0.25, -0.2) is 8.78 Å². The van der Waals surface area contributed by atoms with Crippen LogP contribution >= 0.6 is 24.0 Å². The van der Waals surface area contributed by atoms with Crippen molar-refractivity contribution in [3.8, 4) is 0 Å². The van der Waals surface area contributed by atoms with Crippen molar-refractivity contribution in [2.24, 2.45) is 4.99 Å². The van der Waals surface area contributed by atoms with Crippen LogP contribution in [0.25, 0.3) is 0 Å². The second-order valence-electron chi connectivity index (χ2n) is 6.24. The normalized spacial score (nSPS) is 16.9. The van der Waals surface area contributed by atoms with Crippen LogP contribution in [-0.4, -0.2) is 38.2 Å². The highest BCUT2D eigenvalue weighted by Gasteiger charge is 2.27. The Bertz CT molecular complexity index is 719. The van der Waals surface area contributed by atoms with Gasteiger partial charge in [0.15, 0.2) is 5.96 Å². The number of halogens is 3. The second-order valence-corrected chi connectivity index (χ2v) is 6.24. The summed E-state index contributed by atoms with van der Waals surface area (Å²) in [5.74, 6) is 0.556. The monoisotopic (exact) mass is 490 g/mol. The van der Waals surface area contributed by atoms with Gasteiger partial charge in [0.05, 0.1) is 6.26 Å². The predicted molar refractivity (Wildman–Crippen MR) is 114 cm³/mol. The van der Waals surface area contributed by atoms with E-state index in [4.69, 9.17) is 4.42 Å². The third-order valence-electron chi connectivity index (χ3n) is 4.34. The van der Waals surface area contributed by atoms with E-state index in [9.17, 15) is 8.78 Å². The molecule has 1 aliphatic heterocycles. The molecule has 8 heteroatoms. The molecule has 1 unspecified atom stereocenters. The Morgan fingerprint density at radius 1 is 1.26 bits per heavy atom. The van der Waals surface area contributed by atoms with Crippen LogP contribution in [0.15, 0.2) is 46.0 Å². The molecule has 27 heavy (non-hydrogen) atoms. The SMILES string of the molecule is CCNC(=NCCc1ccco1)NC1CCN(c2c(F)cccc2F)C1.I. The number of aliphatic imine (C=N–C) groups is 1. The first-order valence-corrected chi connectivity index (χ1v) is 8.93. The molecular formula is C19H25F2IN4O. The average Bonchev–Trinajstić information content (AvgIpc) is 3.27. The van der Waals surface area contributed by atoms with Crippen LogP contribution in [0.1, 0.15) is 19.1 Å². The van der Waals surface area contributed by atoms with Crippen molar-refractivity contribution in [2.45, 2.75) is 25.8 Å². The third kappa shape index (κ3) is 5.82. The van der Waals surface area contributed by atoms with Gasteiger partial charge < -0.3 is 20.0 Å². The number of hydrogen-bond acceptors (Lipinski definition) is 3. The number of anilines is 1. The maximum atomic E-state index is 14.0.